The molecule has 4 aliphatic rings. The van der Waals surface area contributed by atoms with E-state index < -0.39 is 0 Å². The summed E-state index contributed by atoms with van der Waals surface area (Å²) in [5.74, 6) is 1.35. The largest absolute Gasteiger partial charge is 0.462 e. The second-order valence-corrected chi connectivity index (χ2v) is 9.65. The fourth-order valence-corrected chi connectivity index (χ4v) is 7.13. The minimum Gasteiger partial charge on any atom is -0.462 e. The van der Waals surface area contributed by atoms with Gasteiger partial charge in [-0.2, -0.15) is 0 Å². The van der Waals surface area contributed by atoms with Crippen LogP contribution in [0, 0.1) is 28.6 Å². The van der Waals surface area contributed by atoms with Gasteiger partial charge in [0.2, 0.25) is 0 Å². The van der Waals surface area contributed by atoms with E-state index in [0.717, 1.165) is 38.5 Å². The van der Waals surface area contributed by atoms with Crippen molar-refractivity contribution >= 4 is 11.8 Å². The van der Waals surface area contributed by atoms with Crippen LogP contribution in [-0.4, -0.2) is 29.6 Å². The van der Waals surface area contributed by atoms with E-state index in [2.05, 4.69) is 19.9 Å². The predicted octanol–water partition coefficient (Wildman–Crippen LogP) is 3.98. The van der Waals surface area contributed by atoms with Crippen LogP contribution in [0.1, 0.15) is 65.7 Å². The number of aliphatic hydroxyl groups is 1. The Hall–Kier alpha value is -1.42. The first kappa shape index (κ1) is 18.9. The number of hydrogen-bond donors (Lipinski definition) is 1. The normalized spacial score (nSPS) is 45.0. The van der Waals surface area contributed by atoms with Crippen molar-refractivity contribution in [1.29, 1.82) is 0 Å². The molecule has 6 atom stereocenters. The summed E-state index contributed by atoms with van der Waals surface area (Å²) < 4.78 is 5.14. The van der Waals surface area contributed by atoms with Gasteiger partial charge >= 0.3 is 5.97 Å². The van der Waals surface area contributed by atoms with Gasteiger partial charge in [0.1, 0.15) is 6.61 Å². The van der Waals surface area contributed by atoms with Gasteiger partial charge in [0.15, 0.2) is 5.78 Å². The molecule has 0 spiro atoms. The SMILES string of the molecule is CC(=O)OCC=C1CC[C@H]2[C@@H]3CCC4=CC(=O)CC[C@]4(C)[C@H]3[C@H](O)C[C@]12C. The van der Waals surface area contributed by atoms with Crippen molar-refractivity contribution in [3.63, 3.8) is 0 Å². The molecule has 148 valence electrons. The van der Waals surface area contributed by atoms with E-state index in [0.29, 0.717) is 24.9 Å². The Balaban J connectivity index is 1.63. The average molecular weight is 373 g/mol. The zero-order valence-corrected chi connectivity index (χ0v) is 16.8. The Kier molecular flexibility index (Phi) is 4.61. The molecule has 27 heavy (non-hydrogen) atoms. The molecule has 4 rings (SSSR count). The quantitative estimate of drug-likeness (QED) is 0.588. The molecular formula is C23H32O4. The summed E-state index contributed by atoms with van der Waals surface area (Å²) >= 11 is 0. The van der Waals surface area contributed by atoms with Crippen LogP contribution < -0.4 is 0 Å². The van der Waals surface area contributed by atoms with Crippen LogP contribution in [0.3, 0.4) is 0 Å². The second-order valence-electron chi connectivity index (χ2n) is 9.65. The third kappa shape index (κ3) is 2.91. The van der Waals surface area contributed by atoms with Gasteiger partial charge in [0, 0.05) is 13.3 Å². The molecule has 0 saturated heterocycles. The summed E-state index contributed by atoms with van der Waals surface area (Å²) in [5, 5.41) is 11.3. The van der Waals surface area contributed by atoms with Crippen LogP contribution in [0.5, 0.6) is 0 Å². The van der Waals surface area contributed by atoms with Crippen molar-refractivity contribution in [3.05, 3.63) is 23.3 Å². The van der Waals surface area contributed by atoms with Gasteiger partial charge in [-0.15, -0.1) is 0 Å². The van der Waals surface area contributed by atoms with Gasteiger partial charge in [-0.25, -0.2) is 0 Å². The molecule has 4 nitrogen and oxygen atoms in total. The first-order chi connectivity index (χ1) is 12.8. The van der Waals surface area contributed by atoms with Gasteiger partial charge in [0.05, 0.1) is 6.10 Å². The average Bonchev–Trinajstić information content (AvgIpc) is 2.91. The lowest BCUT2D eigenvalue weighted by Crippen LogP contribution is -2.55. The lowest BCUT2D eigenvalue weighted by Gasteiger charge is -2.59. The fourth-order valence-electron chi connectivity index (χ4n) is 7.13. The number of esters is 1. The number of ether oxygens (including phenoxy) is 1. The van der Waals surface area contributed by atoms with Crippen LogP contribution in [-0.2, 0) is 14.3 Å². The van der Waals surface area contributed by atoms with E-state index >= 15 is 0 Å². The molecule has 3 fully saturated rings. The second kappa shape index (κ2) is 6.58. The maximum Gasteiger partial charge on any atom is 0.302 e. The third-order valence-corrected chi connectivity index (χ3v) is 8.36. The van der Waals surface area contributed by atoms with Crippen LogP contribution in [0.15, 0.2) is 23.3 Å². The molecule has 4 heteroatoms. The van der Waals surface area contributed by atoms with Gasteiger partial charge in [-0.05, 0) is 79.3 Å². The van der Waals surface area contributed by atoms with E-state index in [1.807, 2.05) is 6.08 Å². The molecule has 0 amide bonds. The zero-order chi connectivity index (χ0) is 19.4. The minimum absolute atomic E-state index is 0.00277. The smallest absolute Gasteiger partial charge is 0.302 e. The molecule has 1 N–H and O–H groups in total. The van der Waals surface area contributed by atoms with Gasteiger partial charge in [-0.3, -0.25) is 9.59 Å². The van der Waals surface area contributed by atoms with Crippen LogP contribution in [0.2, 0.25) is 0 Å². The number of allylic oxidation sites excluding steroid dienone is 2. The molecule has 0 unspecified atom stereocenters. The summed E-state index contributed by atoms with van der Waals surface area (Å²) in [6.07, 6.45) is 10.2. The van der Waals surface area contributed by atoms with Gasteiger partial charge in [0.25, 0.3) is 0 Å². The Labute approximate surface area is 162 Å². The summed E-state index contributed by atoms with van der Waals surface area (Å²) in [6.45, 7) is 6.38. The topological polar surface area (TPSA) is 63.6 Å². The molecule has 0 aliphatic heterocycles. The van der Waals surface area contributed by atoms with Gasteiger partial charge in [-0.1, -0.05) is 25.0 Å². The fraction of sp³-hybridized carbons (Fsp3) is 0.739. The van der Waals surface area contributed by atoms with Crippen LogP contribution in [0.4, 0.5) is 0 Å². The van der Waals surface area contributed by atoms with Crippen LogP contribution >= 0.6 is 0 Å². The standard InChI is InChI=1S/C23H32O4/c1-14(24)27-11-9-15-5-7-19-18-6-4-16-12-17(25)8-10-22(16,2)21(18)20(26)13-23(15,19)3/h9,12,18-21,26H,4-8,10-11,13H2,1-3H3/t18-,19-,20+,21+,22-,23+/m0/s1. The Morgan fingerprint density at radius 3 is 2.78 bits per heavy atom. The van der Waals surface area contributed by atoms with E-state index in [9.17, 15) is 14.7 Å². The number of aliphatic hydroxyl groups excluding tert-OH is 1. The van der Waals surface area contributed by atoms with Crippen molar-refractivity contribution in [2.75, 3.05) is 6.61 Å². The maximum absolute atomic E-state index is 11.9. The van der Waals surface area contributed by atoms with Gasteiger partial charge < -0.3 is 9.84 Å². The summed E-state index contributed by atoms with van der Waals surface area (Å²) in [4.78, 5) is 23.0. The van der Waals surface area contributed by atoms with E-state index in [-0.39, 0.29) is 34.6 Å². The number of hydrogen-bond acceptors (Lipinski definition) is 4. The van der Waals surface area contributed by atoms with Crippen molar-refractivity contribution < 1.29 is 19.4 Å². The molecule has 0 aromatic rings. The molecule has 0 bridgehead atoms. The molecular weight excluding hydrogens is 340 g/mol. The molecule has 0 aromatic heterocycles. The summed E-state index contributed by atoms with van der Waals surface area (Å²) in [7, 11) is 0. The molecule has 0 heterocycles. The first-order valence-electron chi connectivity index (χ1n) is 10.5. The number of fused-ring (bicyclic) bond motifs is 5. The lowest BCUT2D eigenvalue weighted by molar-refractivity contribution is -0.139. The van der Waals surface area contributed by atoms with E-state index in [1.165, 1.54) is 18.1 Å². The Morgan fingerprint density at radius 2 is 2.04 bits per heavy atom. The van der Waals surface area contributed by atoms with E-state index in [1.54, 1.807) is 0 Å². The number of rotatable bonds is 2. The molecule has 0 radical (unpaired) electrons. The van der Waals surface area contributed by atoms with Crippen molar-refractivity contribution in [1.82, 2.24) is 0 Å². The number of carbonyl (C=O) groups excluding carboxylic acids is 2. The highest BCUT2D eigenvalue weighted by molar-refractivity contribution is 5.91. The summed E-state index contributed by atoms with van der Waals surface area (Å²) in [5.41, 5.74) is 2.62. The Bertz CT molecular complexity index is 720. The minimum atomic E-state index is -0.339. The highest BCUT2D eigenvalue weighted by Crippen LogP contribution is 2.66. The molecule has 0 aromatic carbocycles. The van der Waals surface area contributed by atoms with E-state index in [4.69, 9.17) is 4.74 Å². The first-order valence-corrected chi connectivity index (χ1v) is 10.5. The third-order valence-electron chi connectivity index (χ3n) is 8.36. The maximum atomic E-state index is 11.9. The monoisotopic (exact) mass is 372 g/mol. The van der Waals surface area contributed by atoms with Crippen molar-refractivity contribution in [2.45, 2.75) is 71.8 Å². The number of carbonyl (C=O) groups is 2. The highest BCUT2D eigenvalue weighted by atomic mass is 16.5. The summed E-state index contributed by atoms with van der Waals surface area (Å²) in [6, 6.07) is 0. The zero-order valence-electron chi connectivity index (χ0n) is 16.8. The number of ketones is 1. The van der Waals surface area contributed by atoms with Crippen molar-refractivity contribution in [3.8, 4) is 0 Å². The Morgan fingerprint density at radius 1 is 1.26 bits per heavy atom. The van der Waals surface area contributed by atoms with Crippen LogP contribution in [0.25, 0.3) is 0 Å². The lowest BCUT2D eigenvalue weighted by atomic mass is 9.46. The highest BCUT2D eigenvalue weighted by Gasteiger charge is 2.60. The molecule has 3 saturated carbocycles. The van der Waals surface area contributed by atoms with Crippen molar-refractivity contribution in [2.24, 2.45) is 28.6 Å². The molecule has 4 aliphatic carbocycles. The predicted molar refractivity (Wildman–Crippen MR) is 103 cm³/mol.